The molecule has 1 aliphatic heterocycles. The van der Waals surface area contributed by atoms with Crippen LogP contribution in [0.4, 0.5) is 0 Å². The molecule has 4 rings (SSSR count). The zero-order valence-corrected chi connectivity index (χ0v) is 13.8. The number of likely N-dealkylation sites (tertiary alicyclic amines) is 1. The molecule has 2 aliphatic carbocycles. The number of nitrogens with zero attached hydrogens (tertiary/aromatic N) is 4. The van der Waals surface area contributed by atoms with E-state index in [2.05, 4.69) is 20.5 Å². The molecule has 2 saturated carbocycles. The van der Waals surface area contributed by atoms with Crippen LogP contribution in [0, 0.1) is 11.8 Å². The monoisotopic (exact) mass is 317 g/mol. The predicted octanol–water partition coefficient (Wildman–Crippen LogP) is 1.85. The van der Waals surface area contributed by atoms with Crippen molar-refractivity contribution in [2.75, 3.05) is 26.2 Å². The molecule has 1 aromatic rings. The first-order chi connectivity index (χ1) is 11.3. The summed E-state index contributed by atoms with van der Waals surface area (Å²) in [6, 6.07) is 0.385. The summed E-state index contributed by atoms with van der Waals surface area (Å²) in [4.78, 5) is 14.5. The normalized spacial score (nSPS) is 23.7. The van der Waals surface area contributed by atoms with Crippen molar-refractivity contribution in [3.8, 4) is 0 Å². The van der Waals surface area contributed by atoms with Gasteiger partial charge in [0.05, 0.1) is 12.2 Å². The van der Waals surface area contributed by atoms with Crippen LogP contribution in [0.5, 0.6) is 0 Å². The molecule has 3 fully saturated rings. The zero-order chi connectivity index (χ0) is 15.6. The highest BCUT2D eigenvalue weighted by molar-refractivity contribution is 5.91. The summed E-state index contributed by atoms with van der Waals surface area (Å²) in [6.45, 7) is 4.11. The van der Waals surface area contributed by atoms with Gasteiger partial charge in [0.15, 0.2) is 5.69 Å². The van der Waals surface area contributed by atoms with E-state index < -0.39 is 0 Å². The largest absolute Gasteiger partial charge is 0.350 e. The third-order valence-corrected chi connectivity index (χ3v) is 5.54. The molecule has 6 heteroatoms. The Morgan fingerprint density at radius 2 is 1.91 bits per heavy atom. The maximum atomic E-state index is 12.0. The molecule has 0 radical (unpaired) electrons. The standard InChI is InChI=1S/C17H27N5O/c23-17(18-8-13-6-7-13)16-12-22(20-19-16)15-10-21(11-15)9-14-4-2-1-3-5-14/h12-15H,1-11H2,(H,18,23). The Balaban J connectivity index is 1.23. The fraction of sp³-hybridized carbons (Fsp3) is 0.824. The molecule has 0 bridgehead atoms. The number of rotatable bonds is 6. The van der Waals surface area contributed by atoms with Crippen LogP contribution in [-0.4, -0.2) is 52.0 Å². The number of carbonyl (C=O) groups excluding carboxylic acids is 1. The molecule has 0 spiro atoms. The molecule has 1 amide bonds. The van der Waals surface area contributed by atoms with E-state index in [9.17, 15) is 4.79 Å². The van der Waals surface area contributed by atoms with Crippen LogP contribution >= 0.6 is 0 Å². The van der Waals surface area contributed by atoms with Gasteiger partial charge in [-0.05, 0) is 37.5 Å². The second-order valence-electron chi connectivity index (χ2n) is 7.61. The minimum Gasteiger partial charge on any atom is -0.350 e. The molecule has 3 aliphatic rings. The average molecular weight is 317 g/mol. The van der Waals surface area contributed by atoms with Crippen molar-refractivity contribution in [3.05, 3.63) is 11.9 Å². The van der Waals surface area contributed by atoms with Crippen LogP contribution in [0.15, 0.2) is 6.20 Å². The summed E-state index contributed by atoms with van der Waals surface area (Å²) in [5, 5.41) is 11.1. The maximum absolute atomic E-state index is 12.0. The van der Waals surface area contributed by atoms with Crippen LogP contribution in [0.3, 0.4) is 0 Å². The van der Waals surface area contributed by atoms with Crippen molar-refractivity contribution < 1.29 is 4.79 Å². The van der Waals surface area contributed by atoms with Crippen LogP contribution < -0.4 is 5.32 Å². The van der Waals surface area contributed by atoms with Gasteiger partial charge < -0.3 is 5.32 Å². The van der Waals surface area contributed by atoms with E-state index in [1.54, 1.807) is 0 Å². The number of hydrogen-bond acceptors (Lipinski definition) is 4. The molecule has 23 heavy (non-hydrogen) atoms. The van der Waals surface area contributed by atoms with Crippen molar-refractivity contribution in [2.24, 2.45) is 11.8 Å². The Morgan fingerprint density at radius 3 is 2.65 bits per heavy atom. The van der Waals surface area contributed by atoms with Crippen molar-refractivity contribution in [2.45, 2.75) is 51.0 Å². The van der Waals surface area contributed by atoms with Crippen molar-refractivity contribution >= 4 is 5.91 Å². The number of aromatic nitrogens is 3. The molecular weight excluding hydrogens is 290 g/mol. The molecule has 0 unspecified atom stereocenters. The molecule has 6 nitrogen and oxygen atoms in total. The molecule has 0 aromatic carbocycles. The average Bonchev–Trinajstić information content (AvgIpc) is 3.24. The third kappa shape index (κ3) is 3.74. The van der Waals surface area contributed by atoms with Gasteiger partial charge in [-0.1, -0.05) is 24.5 Å². The first-order valence-corrected chi connectivity index (χ1v) is 9.20. The van der Waals surface area contributed by atoms with Gasteiger partial charge in [-0.25, -0.2) is 4.68 Å². The molecule has 1 aromatic heterocycles. The van der Waals surface area contributed by atoms with Crippen LogP contribution in [0.2, 0.25) is 0 Å². The third-order valence-electron chi connectivity index (χ3n) is 5.54. The Kier molecular flexibility index (Phi) is 4.33. The van der Waals surface area contributed by atoms with E-state index in [0.717, 1.165) is 25.6 Å². The SMILES string of the molecule is O=C(NCC1CC1)c1cn(C2CN(CC3CCCCC3)C2)nn1. The van der Waals surface area contributed by atoms with Gasteiger partial charge in [0.2, 0.25) is 0 Å². The van der Waals surface area contributed by atoms with Gasteiger partial charge in [0, 0.05) is 26.2 Å². The maximum Gasteiger partial charge on any atom is 0.273 e. The lowest BCUT2D eigenvalue weighted by Gasteiger charge is -2.41. The molecular formula is C17H27N5O. The highest BCUT2D eigenvalue weighted by atomic mass is 16.2. The van der Waals surface area contributed by atoms with Gasteiger partial charge in [0.25, 0.3) is 5.91 Å². The Hall–Kier alpha value is -1.43. The van der Waals surface area contributed by atoms with E-state index in [1.165, 1.54) is 51.5 Å². The Morgan fingerprint density at radius 1 is 1.13 bits per heavy atom. The highest BCUT2D eigenvalue weighted by Crippen LogP contribution is 2.29. The van der Waals surface area contributed by atoms with E-state index in [-0.39, 0.29) is 5.91 Å². The predicted molar refractivity (Wildman–Crippen MR) is 87.1 cm³/mol. The van der Waals surface area contributed by atoms with E-state index in [0.29, 0.717) is 17.7 Å². The van der Waals surface area contributed by atoms with Gasteiger partial charge >= 0.3 is 0 Å². The first kappa shape index (κ1) is 15.1. The summed E-state index contributed by atoms with van der Waals surface area (Å²) in [6.07, 6.45) is 11.3. The minimum atomic E-state index is -0.0819. The smallest absolute Gasteiger partial charge is 0.273 e. The number of carbonyl (C=O) groups is 1. The second kappa shape index (κ2) is 6.59. The molecule has 1 N–H and O–H groups in total. The zero-order valence-electron chi connectivity index (χ0n) is 13.8. The number of amides is 1. The van der Waals surface area contributed by atoms with Gasteiger partial charge in [-0.15, -0.1) is 5.10 Å². The van der Waals surface area contributed by atoms with Crippen molar-refractivity contribution in [1.82, 2.24) is 25.2 Å². The number of nitrogens with one attached hydrogen (secondary N) is 1. The highest BCUT2D eigenvalue weighted by Gasteiger charge is 2.31. The summed E-state index contributed by atoms with van der Waals surface area (Å²) in [5.41, 5.74) is 0.455. The Bertz CT molecular complexity index is 541. The van der Waals surface area contributed by atoms with Gasteiger partial charge in [-0.3, -0.25) is 9.69 Å². The molecule has 0 atom stereocenters. The lowest BCUT2D eigenvalue weighted by Crippen LogP contribution is -2.49. The van der Waals surface area contributed by atoms with E-state index in [4.69, 9.17) is 0 Å². The van der Waals surface area contributed by atoms with Crippen molar-refractivity contribution in [3.63, 3.8) is 0 Å². The quantitative estimate of drug-likeness (QED) is 0.870. The molecule has 126 valence electrons. The van der Waals surface area contributed by atoms with E-state index in [1.807, 2.05) is 10.9 Å². The fourth-order valence-corrected chi connectivity index (χ4v) is 3.80. The second-order valence-corrected chi connectivity index (χ2v) is 7.61. The summed E-state index contributed by atoms with van der Waals surface area (Å²) in [5.74, 6) is 1.50. The van der Waals surface area contributed by atoms with Crippen LogP contribution in [0.25, 0.3) is 0 Å². The van der Waals surface area contributed by atoms with E-state index >= 15 is 0 Å². The topological polar surface area (TPSA) is 63.1 Å². The van der Waals surface area contributed by atoms with Crippen LogP contribution in [0.1, 0.15) is 61.5 Å². The number of hydrogen-bond donors (Lipinski definition) is 1. The Labute approximate surface area is 137 Å². The molecule has 2 heterocycles. The summed E-state index contributed by atoms with van der Waals surface area (Å²) >= 11 is 0. The lowest BCUT2D eigenvalue weighted by atomic mass is 9.88. The van der Waals surface area contributed by atoms with Gasteiger partial charge in [-0.2, -0.15) is 0 Å². The van der Waals surface area contributed by atoms with Crippen molar-refractivity contribution in [1.29, 1.82) is 0 Å². The first-order valence-electron chi connectivity index (χ1n) is 9.20. The lowest BCUT2D eigenvalue weighted by molar-refractivity contribution is 0.0715. The van der Waals surface area contributed by atoms with Crippen LogP contribution in [-0.2, 0) is 0 Å². The summed E-state index contributed by atoms with van der Waals surface area (Å²) in [7, 11) is 0. The molecule has 1 saturated heterocycles. The fourth-order valence-electron chi connectivity index (χ4n) is 3.80. The van der Waals surface area contributed by atoms with Gasteiger partial charge in [0.1, 0.15) is 0 Å². The minimum absolute atomic E-state index is 0.0819. The summed E-state index contributed by atoms with van der Waals surface area (Å²) < 4.78 is 1.88.